The first kappa shape index (κ1) is 11.9. The van der Waals surface area contributed by atoms with E-state index < -0.39 is 0 Å². The van der Waals surface area contributed by atoms with Gasteiger partial charge in [-0.3, -0.25) is 4.57 Å². The Kier molecular flexibility index (Phi) is 3.25. The highest BCUT2D eigenvalue weighted by atomic mass is 15.1. The predicted octanol–water partition coefficient (Wildman–Crippen LogP) is 2.53. The molecule has 3 aromatic rings. The van der Waals surface area contributed by atoms with E-state index in [-0.39, 0.29) is 0 Å². The maximum absolute atomic E-state index is 4.75. The molecule has 0 aliphatic rings. The molecule has 4 nitrogen and oxygen atoms in total. The van der Waals surface area contributed by atoms with Gasteiger partial charge in [0.05, 0.1) is 5.52 Å². The monoisotopic (exact) mass is 252 g/mol. The van der Waals surface area contributed by atoms with E-state index >= 15 is 0 Å². The molecule has 96 valence electrons. The van der Waals surface area contributed by atoms with Crippen LogP contribution < -0.4 is 5.32 Å². The second-order valence-electron chi connectivity index (χ2n) is 4.41. The van der Waals surface area contributed by atoms with Gasteiger partial charge in [-0.25, -0.2) is 9.97 Å². The van der Waals surface area contributed by atoms with Gasteiger partial charge in [-0.1, -0.05) is 25.1 Å². The van der Waals surface area contributed by atoms with Crippen molar-refractivity contribution >= 4 is 10.9 Å². The number of hydrogen-bond acceptors (Lipinski definition) is 3. The molecule has 19 heavy (non-hydrogen) atoms. The maximum Gasteiger partial charge on any atom is 0.143 e. The van der Waals surface area contributed by atoms with Crippen LogP contribution in [0, 0.1) is 0 Å². The van der Waals surface area contributed by atoms with Crippen molar-refractivity contribution in [1.82, 2.24) is 19.9 Å². The van der Waals surface area contributed by atoms with Crippen LogP contribution in [0.5, 0.6) is 0 Å². The zero-order chi connectivity index (χ0) is 13.1. The Balaban J connectivity index is 2.15. The fourth-order valence-corrected chi connectivity index (χ4v) is 2.15. The highest BCUT2D eigenvalue weighted by Gasteiger charge is 2.08. The standard InChI is InChI=1S/C15H16N4/c1-2-16-10-13-9-12-5-3-4-6-14(12)18-15(13)19-8-7-17-11-19/h3-9,11,16H,2,10H2,1H3. The van der Waals surface area contributed by atoms with Crippen LogP contribution in [-0.4, -0.2) is 21.1 Å². The van der Waals surface area contributed by atoms with Crippen molar-refractivity contribution in [2.75, 3.05) is 6.54 Å². The van der Waals surface area contributed by atoms with Crippen LogP contribution in [0.15, 0.2) is 49.1 Å². The first-order valence-electron chi connectivity index (χ1n) is 6.46. The number of benzene rings is 1. The molecule has 0 aliphatic carbocycles. The lowest BCUT2D eigenvalue weighted by atomic mass is 10.1. The third-order valence-electron chi connectivity index (χ3n) is 3.09. The number of para-hydroxylation sites is 1. The number of imidazole rings is 1. The van der Waals surface area contributed by atoms with Crippen molar-refractivity contribution in [3.8, 4) is 5.82 Å². The zero-order valence-corrected chi connectivity index (χ0v) is 10.9. The molecule has 0 amide bonds. The lowest BCUT2D eigenvalue weighted by Gasteiger charge is -2.11. The van der Waals surface area contributed by atoms with Gasteiger partial charge in [-0.2, -0.15) is 0 Å². The topological polar surface area (TPSA) is 42.7 Å². The maximum atomic E-state index is 4.75. The number of fused-ring (bicyclic) bond motifs is 1. The SMILES string of the molecule is CCNCc1cc2ccccc2nc1-n1ccnc1. The second-order valence-corrected chi connectivity index (χ2v) is 4.41. The molecule has 3 rings (SSSR count). The Hall–Kier alpha value is -2.20. The third-order valence-corrected chi connectivity index (χ3v) is 3.09. The molecule has 4 heteroatoms. The summed E-state index contributed by atoms with van der Waals surface area (Å²) < 4.78 is 1.96. The van der Waals surface area contributed by atoms with Gasteiger partial charge >= 0.3 is 0 Å². The van der Waals surface area contributed by atoms with Gasteiger partial charge in [0.25, 0.3) is 0 Å². The Bertz CT molecular complexity index is 674. The second kappa shape index (κ2) is 5.20. The van der Waals surface area contributed by atoms with Crippen LogP contribution in [0.1, 0.15) is 12.5 Å². The van der Waals surface area contributed by atoms with E-state index in [2.05, 4.69) is 29.4 Å². The summed E-state index contributed by atoms with van der Waals surface area (Å²) in [6.45, 7) is 3.85. The van der Waals surface area contributed by atoms with Crippen molar-refractivity contribution in [3.63, 3.8) is 0 Å². The smallest absolute Gasteiger partial charge is 0.143 e. The summed E-state index contributed by atoms with van der Waals surface area (Å²) in [4.78, 5) is 8.86. The molecule has 0 bridgehead atoms. The largest absolute Gasteiger partial charge is 0.313 e. The molecule has 1 aromatic carbocycles. The summed E-state index contributed by atoms with van der Waals surface area (Å²) in [5.74, 6) is 0.942. The van der Waals surface area contributed by atoms with Crippen LogP contribution in [-0.2, 0) is 6.54 Å². The van der Waals surface area contributed by atoms with Crippen LogP contribution in [0.25, 0.3) is 16.7 Å². The average molecular weight is 252 g/mol. The fourth-order valence-electron chi connectivity index (χ4n) is 2.15. The number of nitrogens with one attached hydrogen (secondary N) is 1. The van der Waals surface area contributed by atoms with Crippen molar-refractivity contribution in [2.45, 2.75) is 13.5 Å². The molecule has 0 radical (unpaired) electrons. The molecule has 0 aliphatic heterocycles. The van der Waals surface area contributed by atoms with Crippen LogP contribution in [0.3, 0.4) is 0 Å². The zero-order valence-electron chi connectivity index (χ0n) is 10.9. The van der Waals surface area contributed by atoms with Crippen LogP contribution in [0.2, 0.25) is 0 Å². The Labute approximate surface area is 112 Å². The number of pyridine rings is 1. The van der Waals surface area contributed by atoms with Gasteiger partial charge in [0.2, 0.25) is 0 Å². The molecule has 0 spiro atoms. The first-order valence-corrected chi connectivity index (χ1v) is 6.46. The summed E-state index contributed by atoms with van der Waals surface area (Å²) in [5.41, 5.74) is 2.19. The molecule has 2 heterocycles. The van der Waals surface area contributed by atoms with Gasteiger partial charge in [0.1, 0.15) is 12.1 Å². The van der Waals surface area contributed by atoms with Gasteiger partial charge < -0.3 is 5.32 Å². The van der Waals surface area contributed by atoms with Gasteiger partial charge in [-0.15, -0.1) is 0 Å². The van der Waals surface area contributed by atoms with E-state index in [9.17, 15) is 0 Å². The highest BCUT2D eigenvalue weighted by Crippen LogP contribution is 2.19. The molecule has 2 aromatic heterocycles. The Morgan fingerprint density at radius 2 is 2.16 bits per heavy atom. The highest BCUT2D eigenvalue weighted by molar-refractivity contribution is 5.80. The molecular formula is C15H16N4. The predicted molar refractivity (Wildman–Crippen MR) is 76.2 cm³/mol. The number of aromatic nitrogens is 3. The lowest BCUT2D eigenvalue weighted by Crippen LogP contribution is -2.14. The van der Waals surface area contributed by atoms with E-state index in [1.165, 1.54) is 10.9 Å². The van der Waals surface area contributed by atoms with E-state index in [1.54, 1.807) is 12.5 Å². The molecule has 0 saturated heterocycles. The van der Waals surface area contributed by atoms with Crippen LogP contribution in [0.4, 0.5) is 0 Å². The summed E-state index contributed by atoms with van der Waals surface area (Å²) in [5, 5.41) is 4.52. The minimum Gasteiger partial charge on any atom is -0.313 e. The van der Waals surface area contributed by atoms with E-state index in [4.69, 9.17) is 4.98 Å². The number of nitrogens with zero attached hydrogens (tertiary/aromatic N) is 3. The number of hydrogen-bond donors (Lipinski definition) is 1. The van der Waals surface area contributed by atoms with Crippen LogP contribution >= 0.6 is 0 Å². The molecular weight excluding hydrogens is 236 g/mol. The van der Waals surface area contributed by atoms with Crippen molar-refractivity contribution in [2.24, 2.45) is 0 Å². The molecule has 1 N–H and O–H groups in total. The third kappa shape index (κ3) is 2.35. The summed E-state index contributed by atoms with van der Waals surface area (Å²) in [7, 11) is 0. The molecule has 0 saturated carbocycles. The summed E-state index contributed by atoms with van der Waals surface area (Å²) >= 11 is 0. The summed E-state index contributed by atoms with van der Waals surface area (Å²) in [6.07, 6.45) is 5.48. The van der Waals surface area contributed by atoms with E-state index in [0.29, 0.717) is 0 Å². The minimum absolute atomic E-state index is 0.807. The van der Waals surface area contributed by atoms with Gasteiger partial charge in [0.15, 0.2) is 0 Å². The fraction of sp³-hybridized carbons (Fsp3) is 0.200. The normalized spacial score (nSPS) is 11.0. The molecule has 0 fully saturated rings. The van der Waals surface area contributed by atoms with E-state index in [1.807, 2.05) is 29.0 Å². The number of rotatable bonds is 4. The Morgan fingerprint density at radius 3 is 2.95 bits per heavy atom. The average Bonchev–Trinajstić information content (AvgIpc) is 2.98. The summed E-state index contributed by atoms with van der Waals surface area (Å²) in [6, 6.07) is 10.4. The molecule has 0 unspecified atom stereocenters. The lowest BCUT2D eigenvalue weighted by molar-refractivity contribution is 0.719. The van der Waals surface area contributed by atoms with Crippen molar-refractivity contribution < 1.29 is 0 Å². The Morgan fingerprint density at radius 1 is 1.26 bits per heavy atom. The minimum atomic E-state index is 0.807. The quantitative estimate of drug-likeness (QED) is 0.776. The van der Waals surface area contributed by atoms with Crippen molar-refractivity contribution in [3.05, 3.63) is 54.6 Å². The van der Waals surface area contributed by atoms with Crippen molar-refractivity contribution in [1.29, 1.82) is 0 Å². The van der Waals surface area contributed by atoms with Gasteiger partial charge in [0, 0.05) is 29.9 Å². The van der Waals surface area contributed by atoms with E-state index in [0.717, 1.165) is 24.4 Å². The molecule has 0 atom stereocenters. The first-order chi connectivity index (χ1) is 9.38. The van der Waals surface area contributed by atoms with Gasteiger partial charge in [-0.05, 0) is 18.7 Å².